The summed E-state index contributed by atoms with van der Waals surface area (Å²) in [5.41, 5.74) is 4.64. The van der Waals surface area contributed by atoms with Gasteiger partial charge in [0.2, 0.25) is 0 Å². The summed E-state index contributed by atoms with van der Waals surface area (Å²) in [4.78, 5) is 36.4. The maximum Gasteiger partial charge on any atom is 0.321 e. The van der Waals surface area contributed by atoms with Gasteiger partial charge in [-0.3, -0.25) is 23.6 Å². The Morgan fingerprint density at radius 3 is 2.48 bits per heavy atom. The molecule has 4 aromatic heterocycles. The number of aryl methyl sites for hydroxylation is 3. The Morgan fingerprint density at radius 1 is 0.977 bits per heavy atom. The third-order valence-electron chi connectivity index (χ3n) is 7.25. The fourth-order valence-electron chi connectivity index (χ4n) is 4.68. The number of anilines is 2. The average molecular weight is 616 g/mol. The molecule has 226 valence electrons. The van der Waals surface area contributed by atoms with E-state index in [1.807, 2.05) is 20.2 Å². The number of nitrogens with one attached hydrogen (secondary N) is 2. The Labute approximate surface area is 252 Å². The molecule has 44 heavy (non-hydrogen) atoms. The van der Waals surface area contributed by atoms with Gasteiger partial charge in [-0.1, -0.05) is 17.7 Å². The van der Waals surface area contributed by atoms with Gasteiger partial charge in [-0.05, 0) is 32.0 Å². The summed E-state index contributed by atoms with van der Waals surface area (Å²) < 4.78 is 33.3. The van der Waals surface area contributed by atoms with E-state index in [-0.39, 0.29) is 23.5 Å². The number of hydrogen-bond acceptors (Lipinski definition) is 9. The summed E-state index contributed by atoms with van der Waals surface area (Å²) >= 11 is 0. The predicted octanol–water partition coefficient (Wildman–Crippen LogP) is 3.26. The molecule has 5 heterocycles. The highest BCUT2D eigenvalue weighted by Crippen LogP contribution is 2.24. The van der Waals surface area contributed by atoms with Crippen molar-refractivity contribution in [1.82, 2.24) is 34.3 Å². The lowest BCUT2D eigenvalue weighted by Crippen LogP contribution is -2.53. The first-order valence-electron chi connectivity index (χ1n) is 13.7. The Morgan fingerprint density at radius 2 is 1.75 bits per heavy atom. The third kappa shape index (κ3) is 6.00. The number of fused-ring (bicyclic) bond motifs is 1. The molecule has 0 bridgehead atoms. The van der Waals surface area contributed by atoms with Gasteiger partial charge in [0.05, 0.1) is 76.3 Å². The zero-order chi connectivity index (χ0) is 31.0. The molecular formula is C29H29N9O5S. The fourth-order valence-corrected chi connectivity index (χ4v) is 5.66. The highest BCUT2D eigenvalue weighted by Gasteiger charge is 2.32. The van der Waals surface area contributed by atoms with Crippen LogP contribution >= 0.6 is 0 Å². The van der Waals surface area contributed by atoms with E-state index in [2.05, 4.69) is 30.8 Å². The number of benzene rings is 1. The molecular weight excluding hydrogens is 586 g/mol. The van der Waals surface area contributed by atoms with Crippen LogP contribution in [-0.4, -0.2) is 74.3 Å². The Kier molecular flexibility index (Phi) is 7.57. The van der Waals surface area contributed by atoms with Crippen molar-refractivity contribution in [1.29, 1.82) is 0 Å². The van der Waals surface area contributed by atoms with Gasteiger partial charge in [0.25, 0.3) is 16.0 Å². The number of pyridine rings is 1. The molecule has 0 unspecified atom stereocenters. The Balaban J connectivity index is 1.05. The summed E-state index contributed by atoms with van der Waals surface area (Å²) in [6.07, 6.45) is 9.79. The molecule has 1 fully saturated rings. The van der Waals surface area contributed by atoms with E-state index in [1.165, 1.54) is 29.4 Å². The number of likely N-dealkylation sites (tertiary alicyclic amines) is 1. The molecule has 1 aromatic carbocycles. The highest BCUT2D eigenvalue weighted by molar-refractivity contribution is 7.86. The maximum absolute atomic E-state index is 13.2. The summed E-state index contributed by atoms with van der Waals surface area (Å²) in [6, 6.07) is 7.68. The maximum atomic E-state index is 13.2. The summed E-state index contributed by atoms with van der Waals surface area (Å²) in [5.74, 6) is -0.525. The molecule has 0 saturated carbocycles. The van der Waals surface area contributed by atoms with Crippen molar-refractivity contribution in [2.45, 2.75) is 18.7 Å². The van der Waals surface area contributed by atoms with Gasteiger partial charge in [0, 0.05) is 37.8 Å². The fraction of sp³-hybridized carbons (Fsp3) is 0.241. The molecule has 3 amide bonds. The second-order valence-corrected chi connectivity index (χ2v) is 12.2. The van der Waals surface area contributed by atoms with Crippen LogP contribution in [0.5, 0.6) is 0 Å². The smallest absolute Gasteiger partial charge is 0.321 e. The van der Waals surface area contributed by atoms with Crippen LogP contribution in [0.15, 0.2) is 72.4 Å². The molecule has 5 aromatic rings. The van der Waals surface area contributed by atoms with Gasteiger partial charge < -0.3 is 15.5 Å². The van der Waals surface area contributed by atoms with E-state index in [0.29, 0.717) is 46.9 Å². The molecule has 1 aliphatic rings. The summed E-state index contributed by atoms with van der Waals surface area (Å²) in [5, 5.41) is 14.1. The van der Waals surface area contributed by atoms with E-state index < -0.39 is 16.0 Å². The topological polar surface area (TPSA) is 166 Å². The average Bonchev–Trinajstić information content (AvgIpc) is 3.60. The number of hydrogen-bond donors (Lipinski definition) is 2. The zero-order valence-corrected chi connectivity index (χ0v) is 24.9. The van der Waals surface area contributed by atoms with E-state index in [1.54, 1.807) is 52.9 Å². The molecule has 2 N–H and O–H groups in total. The van der Waals surface area contributed by atoms with Crippen molar-refractivity contribution in [3.8, 4) is 11.3 Å². The van der Waals surface area contributed by atoms with Gasteiger partial charge >= 0.3 is 6.03 Å². The first-order valence-corrected chi connectivity index (χ1v) is 15.1. The largest absolute Gasteiger partial charge is 0.324 e. The van der Waals surface area contributed by atoms with E-state index in [0.717, 1.165) is 11.1 Å². The van der Waals surface area contributed by atoms with Crippen LogP contribution in [0.4, 0.5) is 16.2 Å². The molecule has 6 rings (SSSR count). The number of nitrogens with zero attached hydrogens (tertiary/aromatic N) is 7. The van der Waals surface area contributed by atoms with Gasteiger partial charge in [0.1, 0.15) is 0 Å². The number of aromatic nitrogens is 6. The summed E-state index contributed by atoms with van der Waals surface area (Å²) in [6.45, 7) is 4.26. The first-order chi connectivity index (χ1) is 21.1. The molecule has 1 saturated heterocycles. The van der Waals surface area contributed by atoms with Crippen LogP contribution in [-0.2, 0) is 21.3 Å². The van der Waals surface area contributed by atoms with Crippen LogP contribution in [0.2, 0.25) is 0 Å². The minimum Gasteiger partial charge on any atom is -0.324 e. The van der Waals surface area contributed by atoms with Crippen molar-refractivity contribution < 1.29 is 22.2 Å². The van der Waals surface area contributed by atoms with Gasteiger partial charge in [-0.25, -0.2) is 9.31 Å². The van der Waals surface area contributed by atoms with Crippen LogP contribution in [0, 0.1) is 19.8 Å². The lowest BCUT2D eigenvalue weighted by Gasteiger charge is -2.38. The molecule has 14 nitrogen and oxygen atoms in total. The van der Waals surface area contributed by atoms with Gasteiger partial charge in [-0.2, -0.15) is 18.6 Å². The SMILES string of the molecule is Cc1ccc(S(=O)(=O)OCC2CN(C(=O)Nc3cnc(C)c(NC(=O)c4cnn5cc(-c6cnn(C)c6)ncc45)c3)C2)cc1. The standard InChI is InChI=1S/C29H29N9O5S/c1-18-4-6-23(7-5-18)44(41,42)43-17-20-13-37(14-20)29(40)34-22-8-25(19(2)30-10-22)35-28(39)24-11-33-38-16-26(31-12-27(24)38)21-9-32-36(3)15-21/h4-12,15-16,20H,13-14,17H2,1-3H3,(H,34,40)(H,35,39). The quantitative estimate of drug-likeness (QED) is 0.249. The normalized spacial score (nSPS) is 13.6. The van der Waals surface area contributed by atoms with Gasteiger partial charge in [-0.15, -0.1) is 0 Å². The summed E-state index contributed by atoms with van der Waals surface area (Å²) in [7, 11) is -2.05. The second-order valence-electron chi connectivity index (χ2n) is 10.6. The number of rotatable bonds is 8. The van der Waals surface area contributed by atoms with Crippen LogP contribution in [0.1, 0.15) is 21.6 Å². The monoisotopic (exact) mass is 615 g/mol. The molecule has 0 spiro atoms. The second kappa shape index (κ2) is 11.5. The molecule has 1 aliphatic heterocycles. The van der Waals surface area contributed by atoms with Crippen molar-refractivity contribution in [2.75, 3.05) is 30.3 Å². The number of urea groups is 1. The van der Waals surface area contributed by atoms with E-state index in [9.17, 15) is 18.0 Å². The Hall–Kier alpha value is -5.15. The van der Waals surface area contributed by atoms with Crippen molar-refractivity contribution in [2.24, 2.45) is 13.0 Å². The lowest BCUT2D eigenvalue weighted by molar-refractivity contribution is 0.0948. The first kappa shape index (κ1) is 28.9. The van der Waals surface area contributed by atoms with Crippen molar-refractivity contribution in [3.05, 3.63) is 84.3 Å². The predicted molar refractivity (Wildman–Crippen MR) is 161 cm³/mol. The minimum absolute atomic E-state index is 0.0217. The third-order valence-corrected chi connectivity index (χ3v) is 8.54. The lowest BCUT2D eigenvalue weighted by atomic mass is 10.0. The highest BCUT2D eigenvalue weighted by atomic mass is 32.2. The number of carbonyl (C=O) groups excluding carboxylic acids is 2. The molecule has 0 radical (unpaired) electrons. The van der Waals surface area contributed by atoms with E-state index >= 15 is 0 Å². The van der Waals surface area contributed by atoms with E-state index in [4.69, 9.17) is 4.18 Å². The van der Waals surface area contributed by atoms with Crippen LogP contribution in [0.25, 0.3) is 16.8 Å². The minimum atomic E-state index is -3.87. The number of carbonyl (C=O) groups is 2. The van der Waals surface area contributed by atoms with Crippen LogP contribution < -0.4 is 10.6 Å². The number of amides is 3. The zero-order valence-electron chi connectivity index (χ0n) is 24.1. The van der Waals surface area contributed by atoms with Crippen LogP contribution in [0.3, 0.4) is 0 Å². The molecule has 0 atom stereocenters. The Bertz CT molecular complexity index is 1980. The van der Waals surface area contributed by atoms with Crippen molar-refractivity contribution in [3.63, 3.8) is 0 Å². The van der Waals surface area contributed by atoms with Gasteiger partial charge in [0.15, 0.2) is 0 Å². The molecule has 15 heteroatoms. The van der Waals surface area contributed by atoms with Crippen molar-refractivity contribution >= 4 is 38.9 Å². The molecule has 0 aliphatic carbocycles.